The van der Waals surface area contributed by atoms with Gasteiger partial charge in [0.2, 0.25) is 0 Å². The molecule has 0 unspecified atom stereocenters. The van der Waals surface area contributed by atoms with Crippen molar-refractivity contribution in [1.82, 2.24) is 5.32 Å². The van der Waals surface area contributed by atoms with E-state index in [0.29, 0.717) is 23.1 Å². The molecular weight excluding hydrogens is 392 g/mol. The number of carbonyl (C=O) groups is 1. The fraction of sp³-hybridized carbons (Fsp3) is 0.381. The highest BCUT2D eigenvalue weighted by Gasteiger charge is 2.21. The van der Waals surface area contributed by atoms with Crippen LogP contribution in [0.5, 0.6) is 11.5 Å². The molecule has 29 heavy (non-hydrogen) atoms. The molecule has 0 bridgehead atoms. The van der Waals surface area contributed by atoms with Crippen LogP contribution in [0.2, 0.25) is 0 Å². The normalized spacial score (nSPS) is 12.3. The van der Waals surface area contributed by atoms with Crippen LogP contribution in [-0.2, 0) is 14.8 Å². The molecule has 0 spiro atoms. The summed E-state index contributed by atoms with van der Waals surface area (Å²) in [5.41, 5.74) is 0.478. The van der Waals surface area contributed by atoms with Crippen LogP contribution in [0.1, 0.15) is 20.8 Å². The van der Waals surface area contributed by atoms with Gasteiger partial charge >= 0.3 is 0 Å². The molecular formula is C21H28N2O5S. The monoisotopic (exact) mass is 420 g/mol. The van der Waals surface area contributed by atoms with Gasteiger partial charge in [-0.05, 0) is 61.4 Å². The van der Waals surface area contributed by atoms with Gasteiger partial charge in [-0.3, -0.25) is 9.10 Å². The van der Waals surface area contributed by atoms with E-state index in [9.17, 15) is 13.2 Å². The zero-order valence-electron chi connectivity index (χ0n) is 17.4. The second-order valence-electron chi connectivity index (χ2n) is 7.03. The zero-order valence-corrected chi connectivity index (χ0v) is 18.2. The zero-order chi connectivity index (χ0) is 21.6. The lowest BCUT2D eigenvalue weighted by molar-refractivity contribution is -0.124. The van der Waals surface area contributed by atoms with Crippen molar-refractivity contribution in [2.24, 2.45) is 5.92 Å². The quantitative estimate of drug-likeness (QED) is 0.674. The number of hydrogen-bond donors (Lipinski definition) is 1. The fourth-order valence-electron chi connectivity index (χ4n) is 2.41. The Bertz CT molecular complexity index is 909. The summed E-state index contributed by atoms with van der Waals surface area (Å²) in [4.78, 5) is 12.1. The molecule has 7 nitrogen and oxygen atoms in total. The molecule has 0 saturated carbocycles. The first-order valence-electron chi connectivity index (χ1n) is 9.30. The summed E-state index contributed by atoms with van der Waals surface area (Å²) in [6.07, 6.45) is 0. The first kappa shape index (κ1) is 22.5. The molecule has 0 radical (unpaired) electrons. The van der Waals surface area contributed by atoms with Crippen LogP contribution in [-0.4, -0.2) is 41.1 Å². The Kier molecular flexibility index (Phi) is 7.50. The summed E-state index contributed by atoms with van der Waals surface area (Å²) in [6.45, 7) is 5.90. The van der Waals surface area contributed by atoms with E-state index in [-0.39, 0.29) is 23.5 Å². The lowest BCUT2D eigenvalue weighted by atomic mass is 10.1. The second-order valence-corrected chi connectivity index (χ2v) is 9.00. The van der Waals surface area contributed by atoms with Crippen molar-refractivity contribution in [2.45, 2.75) is 31.7 Å². The number of sulfonamides is 1. The van der Waals surface area contributed by atoms with Crippen LogP contribution in [0.3, 0.4) is 0 Å². The summed E-state index contributed by atoms with van der Waals surface area (Å²) in [5, 5.41) is 2.86. The van der Waals surface area contributed by atoms with Gasteiger partial charge in [0.15, 0.2) is 6.61 Å². The molecule has 2 aromatic carbocycles. The maximum absolute atomic E-state index is 12.8. The summed E-state index contributed by atoms with van der Waals surface area (Å²) in [6, 6.07) is 12.8. The van der Waals surface area contributed by atoms with Gasteiger partial charge < -0.3 is 14.8 Å². The Labute approximate surface area is 172 Å². The predicted octanol–water partition coefficient (Wildman–Crippen LogP) is 3.06. The molecule has 2 aromatic rings. The van der Waals surface area contributed by atoms with Gasteiger partial charge in [0.25, 0.3) is 15.9 Å². The summed E-state index contributed by atoms with van der Waals surface area (Å²) < 4.78 is 37.3. The number of hydrogen-bond acceptors (Lipinski definition) is 5. The Hall–Kier alpha value is -2.74. The summed E-state index contributed by atoms with van der Waals surface area (Å²) >= 11 is 0. The largest absolute Gasteiger partial charge is 0.497 e. The third kappa shape index (κ3) is 5.87. The van der Waals surface area contributed by atoms with E-state index in [1.807, 2.05) is 20.8 Å². The van der Waals surface area contributed by atoms with E-state index in [0.717, 1.165) is 0 Å². The standard InChI is InChI=1S/C21H28N2O5S/c1-15(2)16(3)22-21(24)14-28-19-8-6-17(7-9-19)23(4)29(25,26)20-12-10-18(27-5)11-13-20/h6-13,15-16H,14H2,1-5H3,(H,22,24)/t16-/m1/s1. The van der Waals surface area contributed by atoms with Gasteiger partial charge in [0, 0.05) is 13.1 Å². The van der Waals surface area contributed by atoms with Crippen LogP contribution >= 0.6 is 0 Å². The maximum atomic E-state index is 12.8. The average molecular weight is 421 g/mol. The van der Waals surface area contributed by atoms with Crippen molar-refractivity contribution >= 4 is 21.6 Å². The molecule has 158 valence electrons. The average Bonchev–Trinajstić information content (AvgIpc) is 2.72. The van der Waals surface area contributed by atoms with Crippen LogP contribution in [0, 0.1) is 5.92 Å². The van der Waals surface area contributed by atoms with Crippen molar-refractivity contribution < 1.29 is 22.7 Å². The molecule has 1 N–H and O–H groups in total. The fourth-order valence-corrected chi connectivity index (χ4v) is 3.60. The van der Waals surface area contributed by atoms with E-state index in [2.05, 4.69) is 5.32 Å². The molecule has 0 aliphatic carbocycles. The van der Waals surface area contributed by atoms with Crippen LogP contribution < -0.4 is 19.1 Å². The lowest BCUT2D eigenvalue weighted by Crippen LogP contribution is -2.38. The third-order valence-corrected chi connectivity index (χ3v) is 6.48. The molecule has 0 aliphatic rings. The smallest absolute Gasteiger partial charge is 0.264 e. The predicted molar refractivity (Wildman–Crippen MR) is 113 cm³/mol. The highest BCUT2D eigenvalue weighted by Crippen LogP contribution is 2.25. The van der Waals surface area contributed by atoms with E-state index in [1.54, 1.807) is 36.4 Å². The number of nitrogens with one attached hydrogen (secondary N) is 1. The molecule has 1 amide bonds. The van der Waals surface area contributed by atoms with Gasteiger partial charge in [0.1, 0.15) is 11.5 Å². The molecule has 0 fully saturated rings. The first-order chi connectivity index (χ1) is 13.6. The van der Waals surface area contributed by atoms with Gasteiger partial charge in [0.05, 0.1) is 17.7 Å². The molecule has 1 atom stereocenters. The minimum absolute atomic E-state index is 0.0605. The van der Waals surface area contributed by atoms with Crippen molar-refractivity contribution in [3.05, 3.63) is 48.5 Å². The van der Waals surface area contributed by atoms with E-state index < -0.39 is 10.0 Å². The van der Waals surface area contributed by atoms with Gasteiger partial charge in [-0.25, -0.2) is 8.42 Å². The van der Waals surface area contributed by atoms with Crippen molar-refractivity contribution in [2.75, 3.05) is 25.1 Å². The van der Waals surface area contributed by atoms with Crippen LogP contribution in [0.4, 0.5) is 5.69 Å². The van der Waals surface area contributed by atoms with Gasteiger partial charge in [-0.1, -0.05) is 13.8 Å². The number of carbonyl (C=O) groups excluding carboxylic acids is 1. The maximum Gasteiger partial charge on any atom is 0.264 e. The molecule has 0 saturated heterocycles. The van der Waals surface area contributed by atoms with Crippen LogP contribution in [0.25, 0.3) is 0 Å². The Morgan fingerprint density at radius 3 is 2.07 bits per heavy atom. The van der Waals surface area contributed by atoms with E-state index in [1.165, 1.54) is 30.6 Å². The molecule has 8 heteroatoms. The second kappa shape index (κ2) is 9.65. The minimum Gasteiger partial charge on any atom is -0.497 e. The van der Waals surface area contributed by atoms with Crippen molar-refractivity contribution in [3.8, 4) is 11.5 Å². The summed E-state index contributed by atoms with van der Waals surface area (Å²) in [5.74, 6) is 1.20. The lowest BCUT2D eigenvalue weighted by Gasteiger charge is -2.20. The number of methoxy groups -OCH3 is 1. The SMILES string of the molecule is COc1ccc(S(=O)(=O)N(C)c2ccc(OCC(=O)N[C@H](C)C(C)C)cc2)cc1. The Balaban J connectivity index is 2.02. The molecule has 0 heterocycles. The number of anilines is 1. The Morgan fingerprint density at radius 2 is 1.55 bits per heavy atom. The topological polar surface area (TPSA) is 84.9 Å². The highest BCUT2D eigenvalue weighted by molar-refractivity contribution is 7.92. The van der Waals surface area contributed by atoms with E-state index >= 15 is 0 Å². The summed E-state index contributed by atoms with van der Waals surface area (Å²) in [7, 11) is -0.700. The highest BCUT2D eigenvalue weighted by atomic mass is 32.2. The number of rotatable bonds is 9. The number of nitrogens with zero attached hydrogens (tertiary/aromatic N) is 1. The number of benzene rings is 2. The van der Waals surface area contributed by atoms with Crippen molar-refractivity contribution in [1.29, 1.82) is 0 Å². The van der Waals surface area contributed by atoms with E-state index in [4.69, 9.17) is 9.47 Å². The number of amides is 1. The minimum atomic E-state index is -3.70. The molecule has 2 rings (SSSR count). The number of ether oxygens (including phenoxy) is 2. The van der Waals surface area contributed by atoms with Gasteiger partial charge in [-0.15, -0.1) is 0 Å². The third-order valence-electron chi connectivity index (χ3n) is 4.68. The Morgan fingerprint density at radius 1 is 1.00 bits per heavy atom. The molecule has 0 aromatic heterocycles. The van der Waals surface area contributed by atoms with Gasteiger partial charge in [-0.2, -0.15) is 0 Å². The van der Waals surface area contributed by atoms with Crippen LogP contribution in [0.15, 0.2) is 53.4 Å². The molecule has 0 aliphatic heterocycles. The van der Waals surface area contributed by atoms with Crippen molar-refractivity contribution in [3.63, 3.8) is 0 Å². The first-order valence-corrected chi connectivity index (χ1v) is 10.7.